The molecule has 7 heteroatoms. The SMILES string of the molecule is COCCN(CCO)Cc1cc(F)cc(/C(N)=N/O)c1. The molecule has 0 unspecified atom stereocenters. The van der Waals surface area contributed by atoms with Crippen LogP contribution < -0.4 is 5.73 Å². The van der Waals surface area contributed by atoms with E-state index in [0.717, 1.165) is 0 Å². The minimum Gasteiger partial charge on any atom is -0.409 e. The first-order valence-corrected chi connectivity index (χ1v) is 6.20. The summed E-state index contributed by atoms with van der Waals surface area (Å²) in [5, 5.41) is 20.5. The highest BCUT2D eigenvalue weighted by Crippen LogP contribution is 2.12. The van der Waals surface area contributed by atoms with Crippen molar-refractivity contribution in [3.05, 3.63) is 35.1 Å². The number of halogens is 1. The van der Waals surface area contributed by atoms with Gasteiger partial charge in [-0.05, 0) is 23.8 Å². The van der Waals surface area contributed by atoms with Gasteiger partial charge in [0.15, 0.2) is 5.84 Å². The third-order valence-electron chi connectivity index (χ3n) is 2.80. The summed E-state index contributed by atoms with van der Waals surface area (Å²) in [6, 6.07) is 4.23. The van der Waals surface area contributed by atoms with Crippen LogP contribution >= 0.6 is 0 Å². The molecular weight excluding hydrogens is 265 g/mol. The Bertz CT molecular complexity index is 454. The molecule has 20 heavy (non-hydrogen) atoms. The van der Waals surface area contributed by atoms with Gasteiger partial charge in [-0.3, -0.25) is 4.90 Å². The van der Waals surface area contributed by atoms with Crippen LogP contribution in [0.15, 0.2) is 23.4 Å². The first-order chi connectivity index (χ1) is 9.60. The predicted octanol–water partition coefficient (Wildman–Crippen LogP) is 0.361. The van der Waals surface area contributed by atoms with Gasteiger partial charge in [-0.15, -0.1) is 0 Å². The van der Waals surface area contributed by atoms with Crippen molar-refractivity contribution in [2.24, 2.45) is 10.9 Å². The minimum absolute atomic E-state index is 0.00608. The molecule has 0 atom stereocenters. The molecule has 0 aliphatic heterocycles. The Morgan fingerprint density at radius 3 is 2.75 bits per heavy atom. The normalized spacial score (nSPS) is 12.1. The van der Waals surface area contributed by atoms with E-state index in [2.05, 4.69) is 5.16 Å². The molecule has 1 aromatic rings. The van der Waals surface area contributed by atoms with Crippen LogP contribution in [0.25, 0.3) is 0 Å². The first-order valence-electron chi connectivity index (χ1n) is 6.20. The van der Waals surface area contributed by atoms with Crippen LogP contribution in [0.3, 0.4) is 0 Å². The van der Waals surface area contributed by atoms with Gasteiger partial charge in [0.1, 0.15) is 5.82 Å². The highest BCUT2D eigenvalue weighted by atomic mass is 19.1. The van der Waals surface area contributed by atoms with E-state index in [1.807, 2.05) is 4.90 Å². The third kappa shape index (κ3) is 5.12. The van der Waals surface area contributed by atoms with Crippen molar-refractivity contribution in [2.45, 2.75) is 6.54 Å². The van der Waals surface area contributed by atoms with Gasteiger partial charge in [0.25, 0.3) is 0 Å². The predicted molar refractivity (Wildman–Crippen MR) is 73.1 cm³/mol. The molecule has 0 bridgehead atoms. The average molecular weight is 285 g/mol. The van der Waals surface area contributed by atoms with Crippen molar-refractivity contribution in [3.8, 4) is 0 Å². The Balaban J connectivity index is 2.86. The highest BCUT2D eigenvalue weighted by Gasteiger charge is 2.09. The Kier molecular flexibility index (Phi) is 6.92. The Hall–Kier alpha value is -1.70. The van der Waals surface area contributed by atoms with E-state index in [9.17, 15) is 4.39 Å². The van der Waals surface area contributed by atoms with E-state index in [0.29, 0.717) is 37.4 Å². The minimum atomic E-state index is -0.459. The van der Waals surface area contributed by atoms with E-state index in [1.165, 1.54) is 12.1 Å². The standard InChI is InChI=1S/C13H20FN3O3/c1-20-5-3-17(2-4-18)9-10-6-11(13(15)16-19)8-12(14)7-10/h6-8,18-19H,2-5,9H2,1H3,(H2,15,16). The summed E-state index contributed by atoms with van der Waals surface area (Å²) in [5.74, 6) is -0.601. The van der Waals surface area contributed by atoms with Crippen LogP contribution in [0, 0.1) is 5.82 Å². The molecule has 0 saturated carbocycles. The zero-order valence-electron chi connectivity index (χ0n) is 11.4. The molecule has 4 N–H and O–H groups in total. The molecule has 0 fully saturated rings. The molecular formula is C13H20FN3O3. The number of hydrogen-bond donors (Lipinski definition) is 3. The first kappa shape index (κ1) is 16.4. The summed E-state index contributed by atoms with van der Waals surface area (Å²) < 4.78 is 18.5. The van der Waals surface area contributed by atoms with Gasteiger partial charge < -0.3 is 20.8 Å². The van der Waals surface area contributed by atoms with Gasteiger partial charge in [0.2, 0.25) is 0 Å². The maximum atomic E-state index is 13.5. The molecule has 0 radical (unpaired) electrons. The molecule has 0 heterocycles. The fraction of sp³-hybridized carbons (Fsp3) is 0.462. The van der Waals surface area contributed by atoms with E-state index in [4.69, 9.17) is 20.8 Å². The van der Waals surface area contributed by atoms with Crippen molar-refractivity contribution in [3.63, 3.8) is 0 Å². The fourth-order valence-corrected chi connectivity index (χ4v) is 1.84. The number of nitrogens with two attached hydrogens (primary N) is 1. The lowest BCUT2D eigenvalue weighted by Gasteiger charge is -2.21. The summed E-state index contributed by atoms with van der Waals surface area (Å²) in [5.41, 5.74) is 6.46. The van der Waals surface area contributed by atoms with Crippen LogP contribution in [-0.2, 0) is 11.3 Å². The molecule has 1 rings (SSSR count). The van der Waals surface area contributed by atoms with Gasteiger partial charge in [-0.1, -0.05) is 5.16 Å². The van der Waals surface area contributed by atoms with E-state index in [1.54, 1.807) is 13.2 Å². The van der Waals surface area contributed by atoms with Crippen LogP contribution in [0.2, 0.25) is 0 Å². The number of nitrogens with zero attached hydrogens (tertiary/aromatic N) is 2. The molecule has 0 aliphatic rings. The molecule has 0 saturated heterocycles. The third-order valence-corrected chi connectivity index (χ3v) is 2.80. The Morgan fingerprint density at radius 2 is 2.15 bits per heavy atom. The summed E-state index contributed by atoms with van der Waals surface area (Å²) in [4.78, 5) is 1.92. The van der Waals surface area contributed by atoms with Crippen LogP contribution in [-0.4, -0.2) is 54.5 Å². The second-order valence-corrected chi connectivity index (χ2v) is 4.33. The fourth-order valence-electron chi connectivity index (χ4n) is 1.84. The molecule has 6 nitrogen and oxygen atoms in total. The molecule has 0 aromatic heterocycles. The number of oxime groups is 1. The largest absolute Gasteiger partial charge is 0.409 e. The maximum Gasteiger partial charge on any atom is 0.170 e. The molecule has 0 amide bonds. The zero-order valence-corrected chi connectivity index (χ0v) is 11.4. The number of aliphatic hydroxyl groups is 1. The summed E-state index contributed by atoms with van der Waals surface area (Å²) >= 11 is 0. The van der Waals surface area contributed by atoms with Crippen molar-refractivity contribution < 1.29 is 19.4 Å². The maximum absolute atomic E-state index is 13.5. The molecule has 0 aliphatic carbocycles. The number of amidine groups is 1. The highest BCUT2D eigenvalue weighted by molar-refractivity contribution is 5.97. The number of methoxy groups -OCH3 is 1. The zero-order chi connectivity index (χ0) is 15.0. The Labute approximate surface area is 117 Å². The summed E-state index contributed by atoms with van der Waals surface area (Å²) in [6.07, 6.45) is 0. The van der Waals surface area contributed by atoms with Gasteiger partial charge in [-0.25, -0.2) is 4.39 Å². The smallest absolute Gasteiger partial charge is 0.170 e. The van der Waals surface area contributed by atoms with Gasteiger partial charge in [-0.2, -0.15) is 0 Å². The number of aliphatic hydroxyl groups excluding tert-OH is 1. The van der Waals surface area contributed by atoms with E-state index < -0.39 is 5.82 Å². The number of rotatable bonds is 8. The van der Waals surface area contributed by atoms with Crippen LogP contribution in [0.4, 0.5) is 4.39 Å². The van der Waals surface area contributed by atoms with Gasteiger partial charge in [0, 0.05) is 32.3 Å². The van der Waals surface area contributed by atoms with Gasteiger partial charge in [0.05, 0.1) is 13.2 Å². The molecule has 1 aromatic carbocycles. The van der Waals surface area contributed by atoms with Gasteiger partial charge >= 0.3 is 0 Å². The van der Waals surface area contributed by atoms with Crippen molar-refractivity contribution in [2.75, 3.05) is 33.4 Å². The Morgan fingerprint density at radius 1 is 1.40 bits per heavy atom. The number of benzene rings is 1. The van der Waals surface area contributed by atoms with E-state index >= 15 is 0 Å². The second kappa shape index (κ2) is 8.47. The summed E-state index contributed by atoms with van der Waals surface area (Å²) in [7, 11) is 1.59. The van der Waals surface area contributed by atoms with Crippen molar-refractivity contribution >= 4 is 5.84 Å². The van der Waals surface area contributed by atoms with Crippen molar-refractivity contribution in [1.82, 2.24) is 4.90 Å². The lowest BCUT2D eigenvalue weighted by atomic mass is 10.1. The summed E-state index contributed by atoms with van der Waals surface area (Å²) in [6.45, 7) is 2.03. The van der Waals surface area contributed by atoms with Crippen LogP contribution in [0.5, 0.6) is 0 Å². The topological polar surface area (TPSA) is 91.3 Å². The average Bonchev–Trinajstić information content (AvgIpc) is 2.43. The van der Waals surface area contributed by atoms with E-state index in [-0.39, 0.29) is 12.4 Å². The number of hydrogen-bond acceptors (Lipinski definition) is 5. The van der Waals surface area contributed by atoms with Crippen molar-refractivity contribution in [1.29, 1.82) is 0 Å². The second-order valence-electron chi connectivity index (χ2n) is 4.33. The quantitative estimate of drug-likeness (QED) is 0.278. The molecule has 0 spiro atoms. The van der Waals surface area contributed by atoms with Crippen LogP contribution in [0.1, 0.15) is 11.1 Å². The number of ether oxygens (including phenoxy) is 1. The molecule has 112 valence electrons. The lowest BCUT2D eigenvalue weighted by Crippen LogP contribution is -2.30. The lowest BCUT2D eigenvalue weighted by molar-refractivity contribution is 0.127. The monoisotopic (exact) mass is 285 g/mol.